The summed E-state index contributed by atoms with van der Waals surface area (Å²) in [7, 11) is 2.52. The minimum atomic E-state index is 0.0857. The number of benzene rings is 2. The predicted molar refractivity (Wildman–Crippen MR) is 151 cm³/mol. The molecule has 2 aromatic rings. The van der Waals surface area contributed by atoms with Gasteiger partial charge in [-0.05, 0) is 52.7 Å². The molecule has 190 valence electrons. The van der Waals surface area contributed by atoms with Crippen LogP contribution in [0, 0.1) is 22.2 Å². The lowest BCUT2D eigenvalue weighted by Crippen LogP contribution is -2.86. The molecule has 3 nitrogen and oxygen atoms in total. The molecule has 1 saturated heterocycles. The SMILES string of the molecule is CCC1c2ccc(C#N)cc2[N+]23C[N+](C)(c4cc5c(cc42)C(C)(C)C(C)(C)C5(C)C)C3C1(CC)CC. The van der Waals surface area contributed by atoms with E-state index in [2.05, 4.69) is 106 Å². The summed E-state index contributed by atoms with van der Waals surface area (Å²) >= 11 is 0. The lowest BCUT2D eigenvalue weighted by atomic mass is 9.59. The maximum absolute atomic E-state index is 9.89. The van der Waals surface area contributed by atoms with Crippen molar-refractivity contribution in [1.82, 2.24) is 8.97 Å². The maximum atomic E-state index is 9.89. The Kier molecular flexibility index (Phi) is 4.46. The molecule has 4 unspecified atom stereocenters. The fourth-order valence-electron chi connectivity index (χ4n) is 9.99. The second kappa shape index (κ2) is 6.64. The molecule has 0 saturated carbocycles. The normalized spacial score (nSPS) is 34.6. The van der Waals surface area contributed by atoms with Crippen molar-refractivity contribution in [3.8, 4) is 6.07 Å². The summed E-state index contributed by atoms with van der Waals surface area (Å²) in [6, 6.07) is 14.4. The molecule has 2 bridgehead atoms. The zero-order valence-electron chi connectivity index (χ0n) is 24.2. The van der Waals surface area contributed by atoms with E-state index in [1.54, 1.807) is 5.56 Å². The lowest BCUT2D eigenvalue weighted by molar-refractivity contribution is -0.117. The van der Waals surface area contributed by atoms with E-state index in [1.165, 1.54) is 41.0 Å². The number of nitrogens with zero attached hydrogens (tertiary/aromatic N) is 3. The fourth-order valence-corrected chi connectivity index (χ4v) is 9.99. The Morgan fingerprint density at radius 2 is 1.44 bits per heavy atom. The molecular formula is C33H45N3+2. The van der Waals surface area contributed by atoms with Gasteiger partial charge < -0.3 is 0 Å². The molecule has 1 fully saturated rings. The minimum Gasteiger partial charge on any atom is -0.192 e. The molecule has 3 heteroatoms. The molecule has 6 rings (SSSR count). The van der Waals surface area contributed by atoms with Crippen LogP contribution in [0.4, 0.5) is 17.1 Å². The van der Waals surface area contributed by atoms with Crippen LogP contribution >= 0.6 is 0 Å². The second-order valence-corrected chi connectivity index (χ2v) is 14.2. The summed E-state index contributed by atoms with van der Waals surface area (Å²) in [4.78, 5) is 0. The molecule has 4 atom stereocenters. The van der Waals surface area contributed by atoms with Gasteiger partial charge in [-0.15, -0.1) is 0 Å². The van der Waals surface area contributed by atoms with Crippen molar-refractivity contribution in [1.29, 1.82) is 5.26 Å². The fraction of sp³-hybridized carbons (Fsp3) is 0.606. The van der Waals surface area contributed by atoms with E-state index in [4.69, 9.17) is 0 Å². The summed E-state index contributed by atoms with van der Waals surface area (Å²) in [6.45, 7) is 23.1. The molecule has 36 heavy (non-hydrogen) atoms. The molecule has 0 spiro atoms. The van der Waals surface area contributed by atoms with Gasteiger partial charge in [0.05, 0.1) is 24.1 Å². The van der Waals surface area contributed by atoms with Crippen molar-refractivity contribution in [2.45, 2.75) is 104 Å². The van der Waals surface area contributed by atoms with Crippen LogP contribution in [0.25, 0.3) is 0 Å². The van der Waals surface area contributed by atoms with Gasteiger partial charge in [-0.2, -0.15) is 14.2 Å². The van der Waals surface area contributed by atoms with Gasteiger partial charge in [-0.1, -0.05) is 68.4 Å². The Hall–Kier alpha value is -2.15. The average molecular weight is 484 g/mol. The topological polar surface area (TPSA) is 23.8 Å². The Morgan fingerprint density at radius 3 is 1.97 bits per heavy atom. The largest absolute Gasteiger partial charge is 0.246 e. The van der Waals surface area contributed by atoms with Crippen LogP contribution < -0.4 is 8.97 Å². The summed E-state index contributed by atoms with van der Waals surface area (Å²) in [5, 5.41) is 9.89. The first-order chi connectivity index (χ1) is 16.8. The molecule has 0 radical (unpaired) electrons. The Bertz CT molecular complexity index is 1350. The van der Waals surface area contributed by atoms with Crippen LogP contribution in [0.5, 0.6) is 0 Å². The van der Waals surface area contributed by atoms with Gasteiger partial charge in [0.2, 0.25) is 24.2 Å². The van der Waals surface area contributed by atoms with Gasteiger partial charge in [0.25, 0.3) is 0 Å². The zero-order valence-corrected chi connectivity index (χ0v) is 24.2. The quantitative estimate of drug-likeness (QED) is 0.402. The van der Waals surface area contributed by atoms with Crippen LogP contribution in [0.2, 0.25) is 0 Å². The zero-order chi connectivity index (χ0) is 26.3. The lowest BCUT2D eigenvalue weighted by Gasteiger charge is -2.63. The number of nitriles is 1. The highest BCUT2D eigenvalue weighted by Crippen LogP contribution is 2.74. The van der Waals surface area contributed by atoms with E-state index in [9.17, 15) is 5.26 Å². The van der Waals surface area contributed by atoms with Gasteiger partial charge in [-0.3, -0.25) is 0 Å². The van der Waals surface area contributed by atoms with Gasteiger partial charge in [-0.25, -0.2) is 0 Å². The minimum absolute atomic E-state index is 0.0857. The molecule has 0 N–H and O–H groups in total. The van der Waals surface area contributed by atoms with E-state index >= 15 is 0 Å². The number of fused-ring (bicyclic) bond motifs is 4. The standard InChI is InChI=1S/C33H45N3/c1-11-23-22-15-14-21(19-34)16-26(22)36-20-35(10,29(36)33(23,12-2)13-3)27-17-24-25(18-28(27)36)31(6,7)32(8,9)30(24,4)5/h14-18,23,29H,11-13,20H2,1-10H3/q+2. The van der Waals surface area contributed by atoms with Crippen molar-refractivity contribution < 1.29 is 0 Å². The van der Waals surface area contributed by atoms with Crippen LogP contribution in [0.1, 0.15) is 110 Å². The highest BCUT2D eigenvalue weighted by Gasteiger charge is 2.83. The second-order valence-electron chi connectivity index (χ2n) is 14.2. The molecule has 0 aromatic heterocycles. The first kappa shape index (κ1) is 24.2. The first-order valence-electron chi connectivity index (χ1n) is 14.2. The Labute approximate surface area is 218 Å². The Balaban J connectivity index is 1.72. The molecule has 0 amide bonds. The van der Waals surface area contributed by atoms with E-state index in [0.29, 0.717) is 12.1 Å². The summed E-state index contributed by atoms with van der Waals surface area (Å²) in [5.41, 5.74) is 10.4. The number of hydrogen-bond donors (Lipinski definition) is 0. The monoisotopic (exact) mass is 483 g/mol. The molecule has 4 aliphatic rings. The molecule has 3 aliphatic heterocycles. The van der Waals surface area contributed by atoms with Crippen LogP contribution in [-0.4, -0.2) is 19.9 Å². The van der Waals surface area contributed by atoms with Crippen molar-refractivity contribution in [2.75, 3.05) is 13.7 Å². The summed E-state index contributed by atoms with van der Waals surface area (Å²) in [5.74, 6) is 0.525. The van der Waals surface area contributed by atoms with Gasteiger partial charge in [0, 0.05) is 29.7 Å². The van der Waals surface area contributed by atoms with Crippen molar-refractivity contribution in [3.05, 3.63) is 52.6 Å². The molecular weight excluding hydrogens is 438 g/mol. The van der Waals surface area contributed by atoms with Crippen LogP contribution in [-0.2, 0) is 10.8 Å². The predicted octanol–water partition coefficient (Wildman–Crippen LogP) is 8.35. The van der Waals surface area contributed by atoms with Gasteiger partial charge in [0.15, 0.2) is 5.69 Å². The third-order valence-corrected chi connectivity index (χ3v) is 12.9. The van der Waals surface area contributed by atoms with Crippen molar-refractivity contribution in [3.63, 3.8) is 0 Å². The van der Waals surface area contributed by atoms with E-state index in [-0.39, 0.29) is 21.7 Å². The summed E-state index contributed by atoms with van der Waals surface area (Å²) in [6.07, 6.45) is 4.02. The van der Waals surface area contributed by atoms with E-state index in [1.807, 2.05) is 0 Å². The third kappa shape index (κ3) is 2.15. The smallest absolute Gasteiger partial charge is 0.192 e. The first-order valence-corrected chi connectivity index (χ1v) is 14.2. The van der Waals surface area contributed by atoms with Crippen LogP contribution in [0.3, 0.4) is 0 Å². The average Bonchev–Trinajstić information content (AvgIpc) is 3.27. The summed E-state index contributed by atoms with van der Waals surface area (Å²) < 4.78 is 1.98. The number of rotatable bonds is 3. The highest BCUT2D eigenvalue weighted by atomic mass is 15.8. The Morgan fingerprint density at radius 1 is 0.861 bits per heavy atom. The maximum Gasteiger partial charge on any atom is 0.246 e. The highest BCUT2D eigenvalue weighted by molar-refractivity contribution is 5.88. The molecule has 1 aliphatic carbocycles. The number of quaternary nitrogens is 2. The van der Waals surface area contributed by atoms with Crippen molar-refractivity contribution in [2.24, 2.45) is 10.8 Å². The third-order valence-electron chi connectivity index (χ3n) is 12.9. The van der Waals surface area contributed by atoms with Gasteiger partial charge in [0.1, 0.15) is 0 Å². The van der Waals surface area contributed by atoms with E-state index < -0.39 is 0 Å². The number of hydrogen-bond acceptors (Lipinski definition) is 1. The van der Waals surface area contributed by atoms with Crippen molar-refractivity contribution >= 4 is 17.1 Å². The van der Waals surface area contributed by atoms with Gasteiger partial charge >= 0.3 is 0 Å². The molecule has 2 aromatic carbocycles. The van der Waals surface area contributed by atoms with Crippen LogP contribution in [0.15, 0.2) is 30.3 Å². The molecule has 3 heterocycles. The van der Waals surface area contributed by atoms with E-state index in [0.717, 1.165) is 27.6 Å².